The Morgan fingerprint density at radius 2 is 1.75 bits per heavy atom. The predicted molar refractivity (Wildman–Crippen MR) is 107 cm³/mol. The third-order valence-corrected chi connectivity index (χ3v) is 4.16. The highest BCUT2D eigenvalue weighted by Crippen LogP contribution is 2.34. The lowest BCUT2D eigenvalue weighted by Crippen LogP contribution is -2.15. The van der Waals surface area contributed by atoms with Crippen molar-refractivity contribution in [1.82, 2.24) is 9.97 Å². The maximum Gasteiger partial charge on any atom is 0.274 e. The number of rotatable bonds is 5. The summed E-state index contributed by atoms with van der Waals surface area (Å²) in [7, 11) is 3.92. The lowest BCUT2D eigenvalue weighted by Gasteiger charge is -2.13. The molecule has 0 saturated heterocycles. The SMILES string of the molecule is CN(C)c1ccc(NC(=O)c2ccnc(Nc3ccc4c(c3)OCO4)n2)cc1. The van der Waals surface area contributed by atoms with Crippen molar-refractivity contribution in [3.8, 4) is 11.5 Å². The Kier molecular flexibility index (Phi) is 4.67. The molecule has 8 heteroatoms. The maximum atomic E-state index is 12.5. The minimum absolute atomic E-state index is 0.209. The molecule has 2 aromatic carbocycles. The molecule has 0 fully saturated rings. The largest absolute Gasteiger partial charge is 0.454 e. The summed E-state index contributed by atoms with van der Waals surface area (Å²) in [4.78, 5) is 23.0. The number of amides is 1. The fourth-order valence-electron chi connectivity index (χ4n) is 2.69. The van der Waals surface area contributed by atoms with Gasteiger partial charge in [0.05, 0.1) is 0 Å². The molecule has 1 aliphatic rings. The first-order valence-corrected chi connectivity index (χ1v) is 8.67. The zero-order valence-corrected chi connectivity index (χ0v) is 15.5. The first kappa shape index (κ1) is 17.6. The fraction of sp³-hybridized carbons (Fsp3) is 0.150. The first-order valence-electron chi connectivity index (χ1n) is 8.67. The van der Waals surface area contributed by atoms with Crippen molar-refractivity contribution in [3.63, 3.8) is 0 Å². The smallest absolute Gasteiger partial charge is 0.274 e. The molecule has 2 heterocycles. The van der Waals surface area contributed by atoms with E-state index in [0.717, 1.165) is 11.4 Å². The Morgan fingerprint density at radius 1 is 1.00 bits per heavy atom. The number of ether oxygens (including phenoxy) is 2. The van der Waals surface area contributed by atoms with Crippen molar-refractivity contribution in [3.05, 3.63) is 60.4 Å². The Morgan fingerprint density at radius 3 is 2.54 bits per heavy atom. The zero-order chi connectivity index (χ0) is 19.5. The number of aromatic nitrogens is 2. The second-order valence-corrected chi connectivity index (χ2v) is 6.35. The van der Waals surface area contributed by atoms with Gasteiger partial charge in [-0.1, -0.05) is 0 Å². The van der Waals surface area contributed by atoms with Gasteiger partial charge in [0.2, 0.25) is 12.7 Å². The monoisotopic (exact) mass is 377 g/mol. The van der Waals surface area contributed by atoms with Gasteiger partial charge in [0.1, 0.15) is 5.69 Å². The summed E-state index contributed by atoms with van der Waals surface area (Å²) in [6.07, 6.45) is 1.53. The average Bonchev–Trinajstić information content (AvgIpc) is 3.16. The van der Waals surface area contributed by atoms with Crippen molar-refractivity contribution in [2.24, 2.45) is 0 Å². The van der Waals surface area contributed by atoms with Crippen LogP contribution in [0.1, 0.15) is 10.5 Å². The molecule has 0 radical (unpaired) electrons. The lowest BCUT2D eigenvalue weighted by atomic mass is 10.2. The van der Waals surface area contributed by atoms with E-state index in [1.807, 2.05) is 49.3 Å². The van der Waals surface area contributed by atoms with E-state index in [2.05, 4.69) is 20.6 Å². The molecule has 0 spiro atoms. The molecular formula is C20H19N5O3. The highest BCUT2D eigenvalue weighted by molar-refractivity contribution is 6.03. The zero-order valence-electron chi connectivity index (χ0n) is 15.5. The van der Waals surface area contributed by atoms with Crippen LogP contribution in [0, 0.1) is 0 Å². The summed E-state index contributed by atoms with van der Waals surface area (Å²) in [5.74, 6) is 1.35. The molecule has 3 aromatic rings. The van der Waals surface area contributed by atoms with E-state index in [0.29, 0.717) is 23.1 Å². The van der Waals surface area contributed by atoms with Gasteiger partial charge >= 0.3 is 0 Å². The van der Waals surface area contributed by atoms with E-state index in [4.69, 9.17) is 9.47 Å². The van der Waals surface area contributed by atoms with Gasteiger partial charge in [0.15, 0.2) is 11.5 Å². The summed E-state index contributed by atoms with van der Waals surface area (Å²) >= 11 is 0. The molecule has 1 amide bonds. The van der Waals surface area contributed by atoms with Crippen LogP contribution < -0.4 is 25.0 Å². The van der Waals surface area contributed by atoms with Crippen LogP contribution in [0.3, 0.4) is 0 Å². The highest BCUT2D eigenvalue weighted by Gasteiger charge is 2.14. The number of fused-ring (bicyclic) bond motifs is 1. The maximum absolute atomic E-state index is 12.5. The van der Waals surface area contributed by atoms with Crippen LogP contribution >= 0.6 is 0 Å². The number of anilines is 4. The quantitative estimate of drug-likeness (QED) is 0.705. The third-order valence-electron chi connectivity index (χ3n) is 4.16. The van der Waals surface area contributed by atoms with Gasteiger partial charge in [0.25, 0.3) is 5.91 Å². The lowest BCUT2D eigenvalue weighted by molar-refractivity contribution is 0.102. The van der Waals surface area contributed by atoms with E-state index < -0.39 is 0 Å². The Hall–Kier alpha value is -3.81. The van der Waals surface area contributed by atoms with E-state index >= 15 is 0 Å². The van der Waals surface area contributed by atoms with Gasteiger partial charge in [-0.25, -0.2) is 9.97 Å². The van der Waals surface area contributed by atoms with Gasteiger partial charge in [-0.15, -0.1) is 0 Å². The minimum Gasteiger partial charge on any atom is -0.454 e. The van der Waals surface area contributed by atoms with E-state index in [9.17, 15) is 4.79 Å². The van der Waals surface area contributed by atoms with Crippen LogP contribution in [0.2, 0.25) is 0 Å². The average molecular weight is 377 g/mol. The van der Waals surface area contributed by atoms with Gasteiger partial charge in [-0.3, -0.25) is 4.79 Å². The molecule has 0 unspecified atom stereocenters. The van der Waals surface area contributed by atoms with Gasteiger partial charge < -0.3 is 25.0 Å². The van der Waals surface area contributed by atoms with Gasteiger partial charge in [-0.2, -0.15) is 0 Å². The van der Waals surface area contributed by atoms with E-state index in [1.165, 1.54) is 6.20 Å². The minimum atomic E-state index is -0.311. The predicted octanol–water partition coefficient (Wildman–Crippen LogP) is 3.27. The Labute approximate surface area is 162 Å². The topological polar surface area (TPSA) is 88.6 Å². The van der Waals surface area contributed by atoms with Crippen LogP contribution in [-0.4, -0.2) is 36.8 Å². The van der Waals surface area contributed by atoms with Crippen LogP contribution in [0.15, 0.2) is 54.7 Å². The number of hydrogen-bond donors (Lipinski definition) is 2. The van der Waals surface area contributed by atoms with Gasteiger partial charge in [0, 0.05) is 43.4 Å². The van der Waals surface area contributed by atoms with Crippen molar-refractivity contribution >= 4 is 28.9 Å². The molecular weight excluding hydrogens is 358 g/mol. The van der Waals surface area contributed by atoms with Crippen LogP contribution in [0.25, 0.3) is 0 Å². The molecule has 142 valence electrons. The van der Waals surface area contributed by atoms with E-state index in [-0.39, 0.29) is 18.4 Å². The number of nitrogens with zero attached hydrogens (tertiary/aromatic N) is 3. The molecule has 0 aliphatic carbocycles. The van der Waals surface area contributed by atoms with E-state index in [1.54, 1.807) is 18.2 Å². The third kappa shape index (κ3) is 3.80. The van der Waals surface area contributed by atoms with Crippen LogP contribution in [0.5, 0.6) is 11.5 Å². The number of nitrogens with one attached hydrogen (secondary N) is 2. The number of carbonyl (C=O) groups is 1. The summed E-state index contributed by atoms with van der Waals surface area (Å²) in [6, 6.07) is 14.6. The molecule has 4 rings (SSSR count). The fourth-order valence-corrected chi connectivity index (χ4v) is 2.69. The Bertz CT molecular complexity index is 1000. The van der Waals surface area contributed by atoms with Gasteiger partial charge in [-0.05, 0) is 42.5 Å². The molecule has 1 aliphatic heterocycles. The summed E-state index contributed by atoms with van der Waals surface area (Å²) < 4.78 is 10.7. The molecule has 28 heavy (non-hydrogen) atoms. The van der Waals surface area contributed by atoms with Crippen LogP contribution in [0.4, 0.5) is 23.0 Å². The number of hydrogen-bond acceptors (Lipinski definition) is 7. The summed E-state index contributed by atoms with van der Waals surface area (Å²) in [5.41, 5.74) is 2.74. The molecule has 1 aromatic heterocycles. The van der Waals surface area contributed by atoms with Crippen molar-refractivity contribution < 1.29 is 14.3 Å². The normalized spacial score (nSPS) is 11.8. The molecule has 0 bridgehead atoms. The van der Waals surface area contributed by atoms with Crippen molar-refractivity contribution in [2.75, 3.05) is 36.4 Å². The summed E-state index contributed by atoms with van der Waals surface area (Å²) in [6.45, 7) is 0.209. The van der Waals surface area contributed by atoms with Crippen molar-refractivity contribution in [2.45, 2.75) is 0 Å². The van der Waals surface area contributed by atoms with Crippen molar-refractivity contribution in [1.29, 1.82) is 0 Å². The second kappa shape index (κ2) is 7.43. The highest BCUT2D eigenvalue weighted by atomic mass is 16.7. The first-order chi connectivity index (χ1) is 13.6. The molecule has 2 N–H and O–H groups in total. The summed E-state index contributed by atoms with van der Waals surface area (Å²) in [5, 5.41) is 5.91. The van der Waals surface area contributed by atoms with Crippen LogP contribution in [-0.2, 0) is 0 Å². The molecule has 8 nitrogen and oxygen atoms in total. The Balaban J connectivity index is 1.46. The standard InChI is InChI=1S/C20H19N5O3/c1-25(2)15-6-3-13(4-7-15)22-19(26)16-9-10-21-20(24-16)23-14-5-8-17-18(11-14)28-12-27-17/h3-11H,12H2,1-2H3,(H,22,26)(H,21,23,24). The molecule has 0 atom stereocenters. The number of carbonyl (C=O) groups excluding carboxylic acids is 1. The molecule has 0 saturated carbocycles. The number of benzene rings is 2. The second-order valence-electron chi connectivity index (χ2n) is 6.35.